The predicted octanol–water partition coefficient (Wildman–Crippen LogP) is 1.27. The molecule has 2 amide bonds. The fraction of sp³-hybridized carbons (Fsp3) is 0.118. The lowest BCUT2D eigenvalue weighted by molar-refractivity contribution is -0.125. The largest absolute Gasteiger partial charge is 0.496 e. The summed E-state index contributed by atoms with van der Waals surface area (Å²) in [5, 5.41) is 5.11. The number of primary sulfonamides is 1. The average Bonchev–Trinajstić information content (AvgIpc) is 2.69. The highest BCUT2D eigenvalue weighted by atomic mass is 35.5. The quantitative estimate of drug-likeness (QED) is 0.419. The molecule has 4 N–H and O–H groups in total. The number of nitrogens with two attached hydrogens (primary N) is 1. The molecular weight excluding hydrogens is 461 g/mol. The number of halogens is 2. The van der Waals surface area contributed by atoms with Crippen molar-refractivity contribution in [2.75, 3.05) is 13.7 Å². The zero-order valence-corrected chi connectivity index (χ0v) is 17.6. The molecule has 0 radical (unpaired) electrons. The normalized spacial score (nSPS) is 10.8. The Bertz CT molecular complexity index is 1110. The van der Waals surface area contributed by atoms with Gasteiger partial charge in [-0.05, 0) is 36.4 Å². The molecule has 0 fully saturated rings. The molecule has 13 heteroatoms. The Balaban J connectivity index is 1.95. The van der Waals surface area contributed by atoms with Crippen LogP contribution in [0.15, 0.2) is 41.3 Å². The molecule has 30 heavy (non-hydrogen) atoms. The number of esters is 1. The minimum atomic E-state index is -4.16. The molecule has 2 aromatic carbocycles. The smallest absolute Gasteiger partial charge is 0.338 e. The van der Waals surface area contributed by atoms with Crippen molar-refractivity contribution >= 4 is 51.0 Å². The summed E-state index contributed by atoms with van der Waals surface area (Å²) in [6.45, 7) is -0.765. The second-order valence-corrected chi connectivity index (χ2v) is 7.99. The van der Waals surface area contributed by atoms with Gasteiger partial charge in [0.1, 0.15) is 10.6 Å². The number of hydrazine groups is 1. The van der Waals surface area contributed by atoms with E-state index in [4.69, 9.17) is 37.8 Å². The Hall–Kier alpha value is -2.86. The van der Waals surface area contributed by atoms with Crippen molar-refractivity contribution in [3.63, 3.8) is 0 Å². The molecule has 2 aromatic rings. The van der Waals surface area contributed by atoms with Gasteiger partial charge in [-0.3, -0.25) is 20.4 Å². The molecule has 0 spiro atoms. The molecule has 0 unspecified atom stereocenters. The average molecular weight is 476 g/mol. The Morgan fingerprint density at radius 2 is 1.77 bits per heavy atom. The van der Waals surface area contributed by atoms with E-state index in [1.54, 1.807) is 0 Å². The third-order valence-corrected chi connectivity index (χ3v) is 5.16. The van der Waals surface area contributed by atoms with Crippen molar-refractivity contribution in [1.29, 1.82) is 0 Å². The van der Waals surface area contributed by atoms with E-state index in [2.05, 4.69) is 10.9 Å². The van der Waals surface area contributed by atoms with Crippen LogP contribution in [0.25, 0.3) is 0 Å². The van der Waals surface area contributed by atoms with E-state index in [9.17, 15) is 22.8 Å². The van der Waals surface area contributed by atoms with Crippen LogP contribution < -0.4 is 20.7 Å². The molecule has 0 aliphatic heterocycles. The summed E-state index contributed by atoms with van der Waals surface area (Å²) in [5.41, 5.74) is 4.05. The van der Waals surface area contributed by atoms with Gasteiger partial charge in [0, 0.05) is 5.02 Å². The lowest BCUT2D eigenvalue weighted by atomic mass is 10.2. The fourth-order valence-corrected chi connectivity index (χ4v) is 3.39. The highest BCUT2D eigenvalue weighted by Crippen LogP contribution is 2.23. The van der Waals surface area contributed by atoms with Crippen molar-refractivity contribution in [1.82, 2.24) is 10.9 Å². The molecule has 2 rings (SSSR count). The van der Waals surface area contributed by atoms with Crippen LogP contribution in [0.2, 0.25) is 10.0 Å². The Morgan fingerprint density at radius 1 is 1.07 bits per heavy atom. The number of carbonyl (C=O) groups is 3. The summed E-state index contributed by atoms with van der Waals surface area (Å²) in [4.78, 5) is 35.5. The lowest BCUT2D eigenvalue weighted by Gasteiger charge is -2.11. The first-order valence-corrected chi connectivity index (χ1v) is 10.3. The molecule has 0 aromatic heterocycles. The standard InChI is InChI=1S/C17H15Cl2N3O7S/c1-28-13-5-3-10(18)7-11(13)16(24)22-21-15(23)8-29-17(25)9-2-4-12(19)14(6-9)30(20,26)27/h2-7H,8H2,1H3,(H,21,23)(H,22,24)(H2,20,26,27). The van der Waals surface area contributed by atoms with Crippen molar-refractivity contribution in [3.05, 3.63) is 57.6 Å². The first kappa shape index (κ1) is 23.4. The molecule has 0 saturated carbocycles. The second-order valence-electron chi connectivity index (χ2n) is 5.61. The van der Waals surface area contributed by atoms with Crippen LogP contribution in [0, 0.1) is 0 Å². The van der Waals surface area contributed by atoms with Crippen LogP contribution in [0.1, 0.15) is 20.7 Å². The zero-order chi connectivity index (χ0) is 22.5. The van der Waals surface area contributed by atoms with Crippen LogP contribution in [0.4, 0.5) is 0 Å². The molecule has 0 heterocycles. The van der Waals surface area contributed by atoms with Crippen LogP contribution in [0.3, 0.4) is 0 Å². The number of amides is 2. The number of carbonyl (C=O) groups excluding carboxylic acids is 3. The second kappa shape index (κ2) is 9.76. The van der Waals surface area contributed by atoms with E-state index in [-0.39, 0.29) is 26.9 Å². The lowest BCUT2D eigenvalue weighted by Crippen LogP contribution is -2.43. The topological polar surface area (TPSA) is 154 Å². The molecule has 0 aliphatic rings. The van der Waals surface area contributed by atoms with E-state index < -0.39 is 39.3 Å². The zero-order valence-electron chi connectivity index (χ0n) is 15.3. The van der Waals surface area contributed by atoms with Crippen LogP contribution >= 0.6 is 23.2 Å². The van der Waals surface area contributed by atoms with E-state index in [1.807, 2.05) is 0 Å². The van der Waals surface area contributed by atoms with Crippen LogP contribution in [-0.4, -0.2) is 39.9 Å². The van der Waals surface area contributed by atoms with Crippen molar-refractivity contribution < 1.29 is 32.3 Å². The first-order chi connectivity index (χ1) is 14.0. The van der Waals surface area contributed by atoms with Gasteiger partial charge in [0.05, 0.1) is 23.3 Å². The maximum absolute atomic E-state index is 12.2. The molecule has 0 bridgehead atoms. The summed E-state index contributed by atoms with van der Waals surface area (Å²) in [5.74, 6) is -2.36. The molecule has 0 atom stereocenters. The van der Waals surface area contributed by atoms with E-state index in [0.29, 0.717) is 0 Å². The molecule has 10 nitrogen and oxygen atoms in total. The van der Waals surface area contributed by atoms with Gasteiger partial charge in [-0.2, -0.15) is 0 Å². The highest BCUT2D eigenvalue weighted by molar-refractivity contribution is 7.89. The number of rotatable bonds is 6. The van der Waals surface area contributed by atoms with Gasteiger partial charge in [0.25, 0.3) is 11.8 Å². The molecule has 160 valence electrons. The van der Waals surface area contributed by atoms with E-state index >= 15 is 0 Å². The third kappa shape index (κ3) is 6.07. The summed E-state index contributed by atoms with van der Waals surface area (Å²) in [6.07, 6.45) is 0. The Morgan fingerprint density at radius 3 is 2.40 bits per heavy atom. The van der Waals surface area contributed by atoms with Gasteiger partial charge in [-0.25, -0.2) is 18.4 Å². The maximum Gasteiger partial charge on any atom is 0.338 e. The third-order valence-electron chi connectivity index (χ3n) is 3.53. The van der Waals surface area contributed by atoms with Gasteiger partial charge in [-0.1, -0.05) is 23.2 Å². The Labute approximate surface area is 181 Å². The van der Waals surface area contributed by atoms with Gasteiger partial charge >= 0.3 is 5.97 Å². The van der Waals surface area contributed by atoms with Crippen molar-refractivity contribution in [2.45, 2.75) is 4.90 Å². The SMILES string of the molecule is COc1ccc(Cl)cc1C(=O)NNC(=O)COC(=O)c1ccc(Cl)c(S(N)(=O)=O)c1. The van der Waals surface area contributed by atoms with Gasteiger partial charge in [0.15, 0.2) is 6.61 Å². The fourth-order valence-electron chi connectivity index (χ4n) is 2.15. The Kier molecular flexibility index (Phi) is 7.62. The van der Waals surface area contributed by atoms with Gasteiger partial charge in [0.2, 0.25) is 10.0 Å². The van der Waals surface area contributed by atoms with E-state index in [0.717, 1.165) is 12.1 Å². The monoisotopic (exact) mass is 475 g/mol. The number of benzene rings is 2. The number of sulfonamides is 1. The van der Waals surface area contributed by atoms with Crippen molar-refractivity contribution in [3.8, 4) is 5.75 Å². The van der Waals surface area contributed by atoms with Gasteiger partial charge in [-0.15, -0.1) is 0 Å². The number of ether oxygens (including phenoxy) is 2. The number of methoxy groups -OCH3 is 1. The number of hydrogen-bond donors (Lipinski definition) is 3. The minimum absolute atomic E-state index is 0.0685. The molecule has 0 saturated heterocycles. The molecular formula is C17H15Cl2N3O7S. The summed E-state index contributed by atoms with van der Waals surface area (Å²) >= 11 is 11.6. The number of nitrogens with one attached hydrogen (secondary N) is 2. The summed E-state index contributed by atoms with van der Waals surface area (Å²) < 4.78 is 32.7. The maximum atomic E-state index is 12.2. The summed E-state index contributed by atoms with van der Waals surface area (Å²) in [6, 6.07) is 7.60. The van der Waals surface area contributed by atoms with Crippen LogP contribution in [-0.2, 0) is 19.6 Å². The summed E-state index contributed by atoms with van der Waals surface area (Å²) in [7, 11) is -2.80. The minimum Gasteiger partial charge on any atom is -0.496 e. The van der Waals surface area contributed by atoms with Crippen LogP contribution in [0.5, 0.6) is 5.75 Å². The molecule has 0 aliphatic carbocycles. The van der Waals surface area contributed by atoms with Crippen molar-refractivity contribution in [2.24, 2.45) is 5.14 Å². The van der Waals surface area contributed by atoms with Gasteiger partial charge < -0.3 is 9.47 Å². The predicted molar refractivity (Wildman–Crippen MR) is 107 cm³/mol. The highest BCUT2D eigenvalue weighted by Gasteiger charge is 2.18. The number of hydrogen-bond acceptors (Lipinski definition) is 7. The first-order valence-electron chi connectivity index (χ1n) is 7.95. The van der Waals surface area contributed by atoms with E-state index in [1.165, 1.54) is 31.4 Å².